The Balaban J connectivity index is 0.00000308. The Labute approximate surface area is 224 Å². The first-order chi connectivity index (χ1) is 18.3. The van der Waals surface area contributed by atoms with Gasteiger partial charge in [0, 0.05) is 21.0 Å². The first kappa shape index (κ1) is 25.1. The van der Waals surface area contributed by atoms with Crippen molar-refractivity contribution in [3.8, 4) is 22.6 Å². The Bertz CT molecular complexity index is 1480. The molecule has 8 heteroatoms. The number of benzene rings is 3. The Morgan fingerprint density at radius 2 is 1.82 bits per heavy atom. The van der Waals surface area contributed by atoms with E-state index < -0.39 is 15.4 Å². The van der Waals surface area contributed by atoms with E-state index in [0.29, 0.717) is 18.8 Å². The predicted octanol–water partition coefficient (Wildman–Crippen LogP) is 4.94. The molecule has 0 aromatic heterocycles. The zero-order chi connectivity index (χ0) is 26.3. The fourth-order valence-corrected chi connectivity index (χ4v) is 6.46. The van der Waals surface area contributed by atoms with Crippen LogP contribution in [0.15, 0.2) is 65.6 Å². The standard InChI is InChI=1S/C30H31NO6S.H2/c1-20-4-5-21(16-29(32)30(12-13-30)23-8-11-27-28(17-23)37-19-36-27)15-26(20)22-6-9-25(10-7-22)38(33,34)31-18-24-3-2-14-35-24;/h4-11,15,17,24,31H,2-3,12-14,16,18-19H2,1H3;1H/t24-;/m1./s1. The molecular formula is C30H33NO6S. The number of carbonyl (C=O) groups excluding carboxylic acids is 1. The summed E-state index contributed by atoms with van der Waals surface area (Å²) in [5.74, 6) is 1.62. The molecule has 3 aromatic rings. The second kappa shape index (κ2) is 9.84. The second-order valence-electron chi connectivity index (χ2n) is 10.4. The summed E-state index contributed by atoms with van der Waals surface area (Å²) in [7, 11) is -3.61. The molecule has 7 nitrogen and oxygen atoms in total. The SMILES string of the molecule is Cc1ccc(CC(=O)C2(c3ccc4c(c3)OCO4)CC2)cc1-c1ccc(S(=O)(=O)NC[C@H]2CCCO2)cc1.[HH]. The van der Waals surface area contributed by atoms with E-state index in [1.165, 1.54) is 0 Å². The Morgan fingerprint density at radius 3 is 2.55 bits per heavy atom. The van der Waals surface area contributed by atoms with Crippen LogP contribution in [-0.4, -0.2) is 40.2 Å². The third-order valence-electron chi connectivity index (χ3n) is 7.88. The predicted molar refractivity (Wildman–Crippen MR) is 145 cm³/mol. The van der Waals surface area contributed by atoms with Crippen molar-refractivity contribution in [3.05, 3.63) is 77.4 Å². The highest BCUT2D eigenvalue weighted by atomic mass is 32.2. The summed E-state index contributed by atoms with van der Waals surface area (Å²) in [6.45, 7) is 3.20. The van der Waals surface area contributed by atoms with E-state index >= 15 is 0 Å². The number of aryl methyl sites for hydroxylation is 1. The number of nitrogens with one attached hydrogen (secondary N) is 1. The Kier molecular flexibility index (Phi) is 6.50. The lowest BCUT2D eigenvalue weighted by molar-refractivity contribution is -0.120. The minimum atomic E-state index is -3.61. The first-order valence-electron chi connectivity index (χ1n) is 13.1. The molecule has 0 radical (unpaired) electrons. The molecule has 200 valence electrons. The van der Waals surface area contributed by atoms with Crippen LogP contribution in [0.3, 0.4) is 0 Å². The third kappa shape index (κ3) is 4.84. The van der Waals surface area contributed by atoms with Gasteiger partial charge < -0.3 is 14.2 Å². The van der Waals surface area contributed by atoms with E-state index in [2.05, 4.69) is 4.72 Å². The van der Waals surface area contributed by atoms with Crippen LogP contribution >= 0.6 is 0 Å². The van der Waals surface area contributed by atoms with Crippen LogP contribution in [-0.2, 0) is 31.4 Å². The number of carbonyl (C=O) groups is 1. The van der Waals surface area contributed by atoms with Gasteiger partial charge in [0.1, 0.15) is 5.78 Å². The lowest BCUT2D eigenvalue weighted by Crippen LogP contribution is -2.31. The summed E-state index contributed by atoms with van der Waals surface area (Å²) in [5, 5.41) is 0. The fourth-order valence-electron chi connectivity index (χ4n) is 5.40. The molecule has 38 heavy (non-hydrogen) atoms. The molecule has 3 aliphatic rings. The van der Waals surface area contributed by atoms with E-state index in [4.69, 9.17) is 14.2 Å². The van der Waals surface area contributed by atoms with Gasteiger partial charge in [-0.2, -0.15) is 0 Å². The zero-order valence-electron chi connectivity index (χ0n) is 21.4. The molecule has 1 N–H and O–H groups in total. The van der Waals surface area contributed by atoms with Crippen LogP contribution in [0.2, 0.25) is 0 Å². The smallest absolute Gasteiger partial charge is 0.240 e. The van der Waals surface area contributed by atoms with E-state index in [1.807, 2.05) is 55.5 Å². The van der Waals surface area contributed by atoms with Crippen molar-refractivity contribution in [1.82, 2.24) is 4.72 Å². The van der Waals surface area contributed by atoms with Crippen LogP contribution in [0.25, 0.3) is 11.1 Å². The molecule has 2 fully saturated rings. The van der Waals surface area contributed by atoms with Crippen LogP contribution in [0.5, 0.6) is 11.5 Å². The molecule has 0 unspecified atom stereocenters. The lowest BCUT2D eigenvalue weighted by atomic mass is 9.87. The Hall–Kier alpha value is -3.20. The molecule has 0 amide bonds. The molecule has 2 aliphatic heterocycles. The van der Waals surface area contributed by atoms with Crippen molar-refractivity contribution >= 4 is 15.8 Å². The number of Topliss-reactive ketones (excluding diaryl/α,β-unsaturated/α-hetero) is 1. The zero-order valence-corrected chi connectivity index (χ0v) is 22.2. The van der Waals surface area contributed by atoms with Crippen LogP contribution in [0.4, 0.5) is 0 Å². The third-order valence-corrected chi connectivity index (χ3v) is 9.32. The van der Waals surface area contributed by atoms with Crippen molar-refractivity contribution in [2.75, 3.05) is 19.9 Å². The molecule has 0 spiro atoms. The maximum atomic E-state index is 13.5. The number of hydrogen-bond acceptors (Lipinski definition) is 6. The van der Waals surface area contributed by atoms with Crippen LogP contribution < -0.4 is 14.2 Å². The molecule has 1 atom stereocenters. The highest BCUT2D eigenvalue weighted by Crippen LogP contribution is 2.51. The molecule has 0 bridgehead atoms. The Morgan fingerprint density at radius 1 is 1.03 bits per heavy atom. The highest BCUT2D eigenvalue weighted by molar-refractivity contribution is 7.89. The maximum Gasteiger partial charge on any atom is 0.240 e. The molecular weight excluding hydrogens is 502 g/mol. The van der Waals surface area contributed by atoms with Gasteiger partial charge in [-0.25, -0.2) is 13.1 Å². The molecule has 2 heterocycles. The average molecular weight is 536 g/mol. The number of rotatable bonds is 9. The number of ether oxygens (including phenoxy) is 3. The van der Waals surface area contributed by atoms with Crippen molar-refractivity contribution in [3.63, 3.8) is 0 Å². The van der Waals surface area contributed by atoms with Crippen LogP contribution in [0.1, 0.15) is 43.8 Å². The topological polar surface area (TPSA) is 90.9 Å². The summed E-state index contributed by atoms with van der Waals surface area (Å²) in [5.41, 5.74) is 4.43. The quantitative estimate of drug-likeness (QED) is 0.418. The van der Waals surface area contributed by atoms with Crippen molar-refractivity contribution in [1.29, 1.82) is 0 Å². The maximum absolute atomic E-state index is 13.5. The largest absolute Gasteiger partial charge is 0.454 e. The number of hydrogen-bond donors (Lipinski definition) is 1. The van der Waals surface area contributed by atoms with Gasteiger partial charge in [-0.05, 0) is 84.7 Å². The van der Waals surface area contributed by atoms with E-state index in [1.54, 1.807) is 12.1 Å². The molecule has 6 rings (SSSR count). The van der Waals surface area contributed by atoms with Gasteiger partial charge in [0.25, 0.3) is 0 Å². The van der Waals surface area contributed by atoms with Gasteiger partial charge in [0.05, 0.1) is 16.4 Å². The summed E-state index contributed by atoms with van der Waals surface area (Å²) in [6, 6.07) is 18.8. The second-order valence-corrected chi connectivity index (χ2v) is 12.2. The van der Waals surface area contributed by atoms with Crippen molar-refractivity contribution < 1.29 is 28.8 Å². The van der Waals surface area contributed by atoms with E-state index in [-0.39, 0.29) is 31.5 Å². The number of fused-ring (bicyclic) bond motifs is 1. The molecule has 1 saturated heterocycles. The van der Waals surface area contributed by atoms with Gasteiger partial charge in [-0.15, -0.1) is 0 Å². The lowest BCUT2D eigenvalue weighted by Gasteiger charge is -2.16. The van der Waals surface area contributed by atoms with Gasteiger partial charge in [0.15, 0.2) is 11.5 Å². The summed E-state index contributed by atoms with van der Waals surface area (Å²) in [4.78, 5) is 13.7. The number of ketones is 1. The average Bonchev–Trinajstić information content (AvgIpc) is 3.32. The van der Waals surface area contributed by atoms with Crippen molar-refractivity contribution in [2.24, 2.45) is 0 Å². The monoisotopic (exact) mass is 535 g/mol. The highest BCUT2D eigenvalue weighted by Gasteiger charge is 2.50. The summed E-state index contributed by atoms with van der Waals surface area (Å²) >= 11 is 0. The normalized spacial score (nSPS) is 19.4. The van der Waals surface area contributed by atoms with Gasteiger partial charge >= 0.3 is 0 Å². The summed E-state index contributed by atoms with van der Waals surface area (Å²) < 4.78 is 44.6. The minimum Gasteiger partial charge on any atom is -0.454 e. The molecule has 1 saturated carbocycles. The van der Waals surface area contributed by atoms with Gasteiger partial charge in [-0.3, -0.25) is 4.79 Å². The van der Waals surface area contributed by atoms with E-state index in [0.717, 1.165) is 59.3 Å². The van der Waals surface area contributed by atoms with E-state index in [9.17, 15) is 13.2 Å². The minimum absolute atomic E-state index is 0. The van der Waals surface area contributed by atoms with Gasteiger partial charge in [0.2, 0.25) is 16.8 Å². The van der Waals surface area contributed by atoms with Crippen molar-refractivity contribution in [2.45, 2.75) is 55.4 Å². The molecule has 3 aromatic carbocycles. The molecule has 1 aliphatic carbocycles. The van der Waals surface area contributed by atoms with Crippen LogP contribution in [0, 0.1) is 6.92 Å². The fraction of sp³-hybridized carbons (Fsp3) is 0.367. The number of sulfonamides is 1. The first-order valence-corrected chi connectivity index (χ1v) is 14.6. The summed E-state index contributed by atoms with van der Waals surface area (Å²) in [6.07, 6.45) is 3.78. The van der Waals surface area contributed by atoms with Gasteiger partial charge in [-0.1, -0.05) is 36.4 Å².